The first-order valence-electron chi connectivity index (χ1n) is 7.25. The number of rotatable bonds is 5. The Labute approximate surface area is 121 Å². The SMILES string of the molecule is CC(C)Oc1cccc(C(=O)CN2CCN(C)CC2)c1. The second kappa shape index (κ2) is 6.86. The summed E-state index contributed by atoms with van der Waals surface area (Å²) in [5, 5.41) is 0. The fourth-order valence-electron chi connectivity index (χ4n) is 2.32. The van der Waals surface area contributed by atoms with Gasteiger partial charge in [-0.2, -0.15) is 0 Å². The van der Waals surface area contributed by atoms with Crippen LogP contribution in [-0.4, -0.2) is 61.5 Å². The van der Waals surface area contributed by atoms with Gasteiger partial charge in [-0.05, 0) is 33.0 Å². The van der Waals surface area contributed by atoms with E-state index in [0.717, 1.165) is 37.5 Å². The Morgan fingerprint density at radius 2 is 1.95 bits per heavy atom. The summed E-state index contributed by atoms with van der Waals surface area (Å²) < 4.78 is 5.64. The Morgan fingerprint density at radius 1 is 1.25 bits per heavy atom. The van der Waals surface area contributed by atoms with Gasteiger partial charge in [-0.1, -0.05) is 12.1 Å². The van der Waals surface area contributed by atoms with Gasteiger partial charge in [0, 0.05) is 31.7 Å². The number of hydrogen-bond acceptors (Lipinski definition) is 4. The quantitative estimate of drug-likeness (QED) is 0.769. The molecule has 0 bridgehead atoms. The van der Waals surface area contributed by atoms with E-state index in [9.17, 15) is 4.79 Å². The number of Topliss-reactive ketones (excluding diaryl/α,β-unsaturated/α-hetero) is 1. The molecule has 1 saturated heterocycles. The van der Waals surface area contributed by atoms with E-state index in [2.05, 4.69) is 16.8 Å². The van der Waals surface area contributed by atoms with Crippen molar-refractivity contribution in [1.29, 1.82) is 0 Å². The van der Waals surface area contributed by atoms with E-state index < -0.39 is 0 Å². The molecule has 2 rings (SSSR count). The number of carbonyl (C=O) groups is 1. The van der Waals surface area contributed by atoms with Crippen molar-refractivity contribution in [3.05, 3.63) is 29.8 Å². The van der Waals surface area contributed by atoms with E-state index in [1.807, 2.05) is 38.1 Å². The molecular formula is C16H24N2O2. The molecule has 1 aromatic carbocycles. The van der Waals surface area contributed by atoms with Crippen molar-refractivity contribution >= 4 is 5.78 Å². The third-order valence-corrected chi connectivity index (χ3v) is 3.49. The van der Waals surface area contributed by atoms with Gasteiger partial charge in [0.25, 0.3) is 0 Å². The molecule has 0 amide bonds. The van der Waals surface area contributed by atoms with Gasteiger partial charge in [0.05, 0.1) is 12.6 Å². The summed E-state index contributed by atoms with van der Waals surface area (Å²) in [6, 6.07) is 7.49. The first-order chi connectivity index (χ1) is 9.54. The summed E-state index contributed by atoms with van der Waals surface area (Å²) in [7, 11) is 2.12. The molecule has 0 aromatic heterocycles. The second-order valence-electron chi connectivity index (χ2n) is 5.70. The van der Waals surface area contributed by atoms with Crippen LogP contribution in [0.1, 0.15) is 24.2 Å². The topological polar surface area (TPSA) is 32.8 Å². The first kappa shape index (κ1) is 15.0. The van der Waals surface area contributed by atoms with Crippen molar-refractivity contribution in [2.75, 3.05) is 39.8 Å². The highest BCUT2D eigenvalue weighted by Crippen LogP contribution is 2.16. The van der Waals surface area contributed by atoms with Gasteiger partial charge in [-0.15, -0.1) is 0 Å². The van der Waals surface area contributed by atoms with Crippen LogP contribution in [0.3, 0.4) is 0 Å². The number of benzene rings is 1. The molecule has 0 saturated carbocycles. The summed E-state index contributed by atoms with van der Waals surface area (Å²) in [5.74, 6) is 0.938. The number of ketones is 1. The van der Waals surface area contributed by atoms with Gasteiger partial charge < -0.3 is 9.64 Å². The fourth-order valence-corrected chi connectivity index (χ4v) is 2.32. The highest BCUT2D eigenvalue weighted by Gasteiger charge is 2.17. The third kappa shape index (κ3) is 4.32. The lowest BCUT2D eigenvalue weighted by atomic mass is 10.1. The molecule has 0 unspecified atom stereocenters. The van der Waals surface area contributed by atoms with E-state index in [1.165, 1.54) is 0 Å². The Balaban J connectivity index is 1.95. The average molecular weight is 276 g/mol. The van der Waals surface area contributed by atoms with Crippen LogP contribution in [0.15, 0.2) is 24.3 Å². The molecule has 0 N–H and O–H groups in total. The predicted octanol–water partition coefficient (Wildman–Crippen LogP) is 1.90. The average Bonchev–Trinajstić information content (AvgIpc) is 2.41. The molecule has 0 atom stereocenters. The van der Waals surface area contributed by atoms with Gasteiger partial charge >= 0.3 is 0 Å². The summed E-state index contributed by atoms with van der Waals surface area (Å²) in [4.78, 5) is 16.8. The molecule has 1 heterocycles. The molecule has 20 heavy (non-hydrogen) atoms. The van der Waals surface area contributed by atoms with Crippen LogP contribution in [0, 0.1) is 0 Å². The van der Waals surface area contributed by atoms with E-state index in [4.69, 9.17) is 4.74 Å². The van der Waals surface area contributed by atoms with Crippen LogP contribution in [0.2, 0.25) is 0 Å². The van der Waals surface area contributed by atoms with Crippen molar-refractivity contribution in [2.45, 2.75) is 20.0 Å². The Hall–Kier alpha value is -1.39. The number of likely N-dealkylation sites (N-methyl/N-ethyl adjacent to an activating group) is 1. The van der Waals surface area contributed by atoms with Crippen molar-refractivity contribution in [3.8, 4) is 5.75 Å². The molecule has 0 spiro atoms. The molecule has 1 aliphatic heterocycles. The number of nitrogens with zero attached hydrogens (tertiary/aromatic N) is 2. The monoisotopic (exact) mass is 276 g/mol. The van der Waals surface area contributed by atoms with Gasteiger partial charge in [-0.25, -0.2) is 0 Å². The first-order valence-corrected chi connectivity index (χ1v) is 7.25. The van der Waals surface area contributed by atoms with Crippen LogP contribution in [0.4, 0.5) is 0 Å². The van der Waals surface area contributed by atoms with Gasteiger partial charge in [0.1, 0.15) is 5.75 Å². The van der Waals surface area contributed by atoms with Crippen LogP contribution < -0.4 is 4.74 Å². The van der Waals surface area contributed by atoms with Crippen LogP contribution in [0.5, 0.6) is 5.75 Å². The molecular weight excluding hydrogens is 252 g/mol. The van der Waals surface area contributed by atoms with Gasteiger partial charge in [0.15, 0.2) is 5.78 Å². The molecule has 1 aliphatic rings. The van der Waals surface area contributed by atoms with Crippen molar-refractivity contribution in [1.82, 2.24) is 9.80 Å². The minimum absolute atomic E-state index is 0.123. The Morgan fingerprint density at radius 3 is 2.60 bits per heavy atom. The second-order valence-corrected chi connectivity index (χ2v) is 5.70. The maximum atomic E-state index is 12.3. The molecule has 0 aliphatic carbocycles. The summed E-state index contributed by atoms with van der Waals surface area (Å²) in [5.41, 5.74) is 0.738. The molecule has 1 fully saturated rings. The zero-order valence-electron chi connectivity index (χ0n) is 12.6. The zero-order valence-corrected chi connectivity index (χ0v) is 12.6. The smallest absolute Gasteiger partial charge is 0.176 e. The van der Waals surface area contributed by atoms with Crippen molar-refractivity contribution < 1.29 is 9.53 Å². The maximum Gasteiger partial charge on any atom is 0.176 e. The highest BCUT2D eigenvalue weighted by atomic mass is 16.5. The van der Waals surface area contributed by atoms with Crippen LogP contribution in [-0.2, 0) is 0 Å². The summed E-state index contributed by atoms with van der Waals surface area (Å²) >= 11 is 0. The highest BCUT2D eigenvalue weighted by molar-refractivity contribution is 5.97. The zero-order chi connectivity index (χ0) is 14.5. The molecule has 4 heteroatoms. The normalized spacial score (nSPS) is 17.4. The molecule has 4 nitrogen and oxygen atoms in total. The Kier molecular flexibility index (Phi) is 5.15. The number of ether oxygens (including phenoxy) is 1. The Bertz CT molecular complexity index is 452. The van der Waals surface area contributed by atoms with Gasteiger partial charge in [0.2, 0.25) is 0 Å². The minimum atomic E-state index is 0.123. The summed E-state index contributed by atoms with van der Waals surface area (Å²) in [6.07, 6.45) is 0.123. The van der Waals surface area contributed by atoms with E-state index in [-0.39, 0.29) is 11.9 Å². The van der Waals surface area contributed by atoms with E-state index in [0.29, 0.717) is 6.54 Å². The summed E-state index contributed by atoms with van der Waals surface area (Å²) in [6.45, 7) is 8.46. The van der Waals surface area contributed by atoms with E-state index in [1.54, 1.807) is 0 Å². The van der Waals surface area contributed by atoms with Crippen molar-refractivity contribution in [2.24, 2.45) is 0 Å². The maximum absolute atomic E-state index is 12.3. The number of hydrogen-bond donors (Lipinski definition) is 0. The lowest BCUT2D eigenvalue weighted by Crippen LogP contribution is -2.46. The molecule has 1 aromatic rings. The number of carbonyl (C=O) groups excluding carboxylic acids is 1. The van der Waals surface area contributed by atoms with Gasteiger partial charge in [-0.3, -0.25) is 9.69 Å². The minimum Gasteiger partial charge on any atom is -0.491 e. The largest absolute Gasteiger partial charge is 0.491 e. The lowest BCUT2D eigenvalue weighted by Gasteiger charge is -2.31. The molecule has 0 radical (unpaired) electrons. The van der Waals surface area contributed by atoms with Crippen LogP contribution >= 0.6 is 0 Å². The van der Waals surface area contributed by atoms with Crippen LogP contribution in [0.25, 0.3) is 0 Å². The fraction of sp³-hybridized carbons (Fsp3) is 0.562. The molecule has 110 valence electrons. The van der Waals surface area contributed by atoms with E-state index >= 15 is 0 Å². The standard InChI is InChI=1S/C16H24N2O2/c1-13(2)20-15-6-4-5-14(11-15)16(19)12-18-9-7-17(3)8-10-18/h4-6,11,13H,7-10,12H2,1-3H3. The third-order valence-electron chi connectivity index (χ3n) is 3.49. The lowest BCUT2D eigenvalue weighted by molar-refractivity contribution is 0.0875. The predicted molar refractivity (Wildman–Crippen MR) is 80.5 cm³/mol. The van der Waals surface area contributed by atoms with Crippen molar-refractivity contribution in [3.63, 3.8) is 0 Å². The number of piperazine rings is 1.